The molecule has 0 N–H and O–H groups in total. The predicted octanol–water partition coefficient (Wildman–Crippen LogP) is 2.62. The number of aromatic nitrogens is 6. The maximum absolute atomic E-state index is 5.68. The highest BCUT2D eigenvalue weighted by Gasteiger charge is 2.13. The van der Waals surface area contributed by atoms with Crippen molar-refractivity contribution in [2.45, 2.75) is 32.7 Å². The van der Waals surface area contributed by atoms with Crippen molar-refractivity contribution in [3.8, 4) is 0 Å². The highest BCUT2D eigenvalue weighted by atomic mass is 16.3. The normalized spacial score (nSPS) is 12.8. The zero-order valence-corrected chi connectivity index (χ0v) is 13.6. The van der Waals surface area contributed by atoms with Crippen LogP contribution in [0.3, 0.4) is 0 Å². The fourth-order valence-electron chi connectivity index (χ4n) is 2.79. The summed E-state index contributed by atoms with van der Waals surface area (Å²) in [7, 11) is 0. The summed E-state index contributed by atoms with van der Waals surface area (Å²) in [4.78, 5) is 0. The third kappa shape index (κ3) is 2.80. The molecule has 4 aromatic heterocycles. The first-order valence-electron chi connectivity index (χ1n) is 7.93. The van der Waals surface area contributed by atoms with E-state index < -0.39 is 0 Å². The summed E-state index contributed by atoms with van der Waals surface area (Å²) < 4.78 is 9.43. The standard InChI is InChI=1S/C17H18N6O/c1-12(15-7-6-13(2)24-15)9-14-10-22(21-18-14)11-17-20-19-16-5-3-4-8-23(16)17/h3-8,10,12H,9,11H2,1-2H3/t12-/m1/s1. The first-order chi connectivity index (χ1) is 11.7. The van der Waals surface area contributed by atoms with Crippen LogP contribution < -0.4 is 0 Å². The molecule has 0 aromatic carbocycles. The van der Waals surface area contributed by atoms with Gasteiger partial charge in [0.05, 0.1) is 5.69 Å². The predicted molar refractivity (Wildman–Crippen MR) is 87.7 cm³/mol. The smallest absolute Gasteiger partial charge is 0.160 e. The summed E-state index contributed by atoms with van der Waals surface area (Å²) in [6.07, 6.45) is 4.69. The summed E-state index contributed by atoms with van der Waals surface area (Å²) in [5.74, 6) is 3.00. The van der Waals surface area contributed by atoms with Crippen molar-refractivity contribution in [2.75, 3.05) is 0 Å². The number of pyridine rings is 1. The Morgan fingerprint density at radius 1 is 1.12 bits per heavy atom. The number of hydrogen-bond donors (Lipinski definition) is 0. The number of nitrogens with zero attached hydrogens (tertiary/aromatic N) is 6. The van der Waals surface area contributed by atoms with E-state index in [1.165, 1.54) is 0 Å². The maximum atomic E-state index is 5.68. The van der Waals surface area contributed by atoms with E-state index in [0.29, 0.717) is 6.54 Å². The van der Waals surface area contributed by atoms with Crippen molar-refractivity contribution in [1.29, 1.82) is 0 Å². The van der Waals surface area contributed by atoms with Crippen LogP contribution in [0.5, 0.6) is 0 Å². The number of rotatable bonds is 5. The highest BCUT2D eigenvalue weighted by Crippen LogP contribution is 2.21. The lowest BCUT2D eigenvalue weighted by Gasteiger charge is -2.05. The minimum absolute atomic E-state index is 0.262. The number of hydrogen-bond acceptors (Lipinski definition) is 5. The molecule has 0 fully saturated rings. The van der Waals surface area contributed by atoms with Crippen molar-refractivity contribution in [3.63, 3.8) is 0 Å². The first-order valence-corrected chi connectivity index (χ1v) is 7.93. The Morgan fingerprint density at radius 2 is 2.04 bits per heavy atom. The van der Waals surface area contributed by atoms with Crippen molar-refractivity contribution in [1.82, 2.24) is 29.6 Å². The van der Waals surface area contributed by atoms with Gasteiger partial charge in [-0.05, 0) is 31.2 Å². The molecule has 0 aliphatic rings. The molecule has 0 unspecified atom stereocenters. The third-order valence-electron chi connectivity index (χ3n) is 4.04. The van der Waals surface area contributed by atoms with Crippen LogP contribution in [-0.2, 0) is 13.0 Å². The van der Waals surface area contributed by atoms with Crippen molar-refractivity contribution in [3.05, 3.63) is 65.8 Å². The van der Waals surface area contributed by atoms with E-state index in [0.717, 1.165) is 35.1 Å². The van der Waals surface area contributed by atoms with Gasteiger partial charge in [0, 0.05) is 24.7 Å². The Kier molecular flexibility index (Phi) is 3.60. The van der Waals surface area contributed by atoms with Gasteiger partial charge in [0.1, 0.15) is 18.1 Å². The van der Waals surface area contributed by atoms with Crippen LogP contribution in [0, 0.1) is 6.92 Å². The van der Waals surface area contributed by atoms with Gasteiger partial charge in [-0.2, -0.15) is 0 Å². The van der Waals surface area contributed by atoms with Crippen molar-refractivity contribution in [2.24, 2.45) is 0 Å². The topological polar surface area (TPSA) is 74.0 Å². The minimum Gasteiger partial charge on any atom is -0.466 e. The fraction of sp³-hybridized carbons (Fsp3) is 0.294. The van der Waals surface area contributed by atoms with Gasteiger partial charge >= 0.3 is 0 Å². The SMILES string of the molecule is Cc1ccc([C@H](C)Cc2cn(Cc3nnc4ccccn34)nn2)o1. The summed E-state index contributed by atoms with van der Waals surface area (Å²) in [6.45, 7) is 4.62. The Bertz CT molecular complexity index is 966. The second-order valence-corrected chi connectivity index (χ2v) is 6.01. The monoisotopic (exact) mass is 322 g/mol. The van der Waals surface area contributed by atoms with E-state index in [2.05, 4.69) is 27.4 Å². The van der Waals surface area contributed by atoms with Gasteiger partial charge < -0.3 is 4.42 Å². The summed E-state index contributed by atoms with van der Waals surface area (Å²) in [6, 6.07) is 9.83. The third-order valence-corrected chi connectivity index (χ3v) is 4.04. The van der Waals surface area contributed by atoms with Crippen LogP contribution in [0.25, 0.3) is 5.65 Å². The molecule has 0 aliphatic heterocycles. The van der Waals surface area contributed by atoms with Crippen LogP contribution >= 0.6 is 0 Å². The molecule has 0 saturated heterocycles. The fourth-order valence-corrected chi connectivity index (χ4v) is 2.79. The quantitative estimate of drug-likeness (QED) is 0.564. The second-order valence-electron chi connectivity index (χ2n) is 6.01. The molecule has 122 valence electrons. The van der Waals surface area contributed by atoms with Crippen molar-refractivity contribution >= 4 is 5.65 Å². The van der Waals surface area contributed by atoms with E-state index in [1.54, 1.807) is 4.68 Å². The first kappa shape index (κ1) is 14.6. The van der Waals surface area contributed by atoms with Gasteiger partial charge in [0.2, 0.25) is 0 Å². The van der Waals surface area contributed by atoms with Crippen LogP contribution in [0.1, 0.15) is 35.9 Å². The van der Waals surface area contributed by atoms with Gasteiger partial charge in [-0.3, -0.25) is 4.40 Å². The van der Waals surface area contributed by atoms with Gasteiger partial charge in [0.15, 0.2) is 11.5 Å². The summed E-state index contributed by atoms with van der Waals surface area (Å²) in [5.41, 5.74) is 1.76. The van der Waals surface area contributed by atoms with E-state index >= 15 is 0 Å². The maximum Gasteiger partial charge on any atom is 0.160 e. The Balaban J connectivity index is 1.48. The minimum atomic E-state index is 0.262. The molecule has 4 aromatic rings. The van der Waals surface area contributed by atoms with E-state index in [1.807, 2.05) is 54.0 Å². The molecule has 24 heavy (non-hydrogen) atoms. The van der Waals surface area contributed by atoms with Gasteiger partial charge in [-0.15, -0.1) is 15.3 Å². The van der Waals surface area contributed by atoms with E-state index in [4.69, 9.17) is 4.42 Å². The number of fused-ring (bicyclic) bond motifs is 1. The molecule has 7 nitrogen and oxygen atoms in total. The molecule has 0 spiro atoms. The van der Waals surface area contributed by atoms with Crippen molar-refractivity contribution < 1.29 is 4.42 Å². The molecule has 7 heteroatoms. The van der Waals surface area contributed by atoms with Gasteiger partial charge in [-0.1, -0.05) is 18.2 Å². The van der Waals surface area contributed by atoms with Gasteiger partial charge in [-0.25, -0.2) is 4.68 Å². The Labute approximate surface area is 138 Å². The molecular weight excluding hydrogens is 304 g/mol. The highest BCUT2D eigenvalue weighted by molar-refractivity contribution is 5.36. The molecule has 1 atom stereocenters. The molecule has 4 rings (SSSR count). The molecule has 0 amide bonds. The van der Waals surface area contributed by atoms with Crippen LogP contribution in [0.4, 0.5) is 0 Å². The van der Waals surface area contributed by atoms with Crippen LogP contribution in [0.2, 0.25) is 0 Å². The lowest BCUT2D eigenvalue weighted by atomic mass is 10.0. The summed E-state index contributed by atoms with van der Waals surface area (Å²) in [5, 5.41) is 16.8. The Morgan fingerprint density at radius 3 is 2.88 bits per heavy atom. The number of aryl methyl sites for hydroxylation is 1. The average molecular weight is 322 g/mol. The zero-order valence-electron chi connectivity index (χ0n) is 13.6. The van der Waals surface area contributed by atoms with E-state index in [-0.39, 0.29) is 5.92 Å². The van der Waals surface area contributed by atoms with Crippen LogP contribution in [-0.4, -0.2) is 29.6 Å². The molecule has 0 bridgehead atoms. The molecule has 0 saturated carbocycles. The summed E-state index contributed by atoms with van der Waals surface area (Å²) >= 11 is 0. The number of furan rings is 1. The molecule has 4 heterocycles. The van der Waals surface area contributed by atoms with E-state index in [9.17, 15) is 0 Å². The largest absolute Gasteiger partial charge is 0.466 e. The molecule has 0 radical (unpaired) electrons. The molecular formula is C17H18N6O. The Hall–Kier alpha value is -2.96. The lowest BCUT2D eigenvalue weighted by Crippen LogP contribution is -2.04. The zero-order chi connectivity index (χ0) is 16.5. The average Bonchev–Trinajstić information content (AvgIpc) is 3.29. The van der Waals surface area contributed by atoms with Gasteiger partial charge in [0.25, 0.3) is 0 Å². The second kappa shape index (κ2) is 5.92. The molecule has 0 aliphatic carbocycles. The lowest BCUT2D eigenvalue weighted by molar-refractivity contribution is 0.450. The van der Waals surface area contributed by atoms with Crippen LogP contribution in [0.15, 0.2) is 47.1 Å².